The summed E-state index contributed by atoms with van der Waals surface area (Å²) in [5.41, 5.74) is 2.61. The molecule has 4 saturated carbocycles. The Balaban J connectivity index is 1.13. The lowest BCUT2D eigenvalue weighted by Gasteiger charge is -2.56. The zero-order valence-electron chi connectivity index (χ0n) is 17.7. The summed E-state index contributed by atoms with van der Waals surface area (Å²) in [6, 6.07) is 8.21. The number of carbonyl (C=O) groups is 1. The quantitative estimate of drug-likeness (QED) is 0.775. The third kappa shape index (κ3) is 4.17. The van der Waals surface area contributed by atoms with Crippen LogP contribution in [0.25, 0.3) is 0 Å². The van der Waals surface area contributed by atoms with Gasteiger partial charge >= 0.3 is 0 Å². The number of amides is 1. The summed E-state index contributed by atoms with van der Waals surface area (Å²) in [5.74, 6) is 3.05. The van der Waals surface area contributed by atoms with Crippen LogP contribution < -0.4 is 15.5 Å². The van der Waals surface area contributed by atoms with Crippen molar-refractivity contribution in [2.45, 2.75) is 51.5 Å². The van der Waals surface area contributed by atoms with Crippen molar-refractivity contribution in [1.82, 2.24) is 0 Å². The first-order chi connectivity index (χ1) is 14.1. The fourth-order valence-corrected chi connectivity index (χ4v) is 6.91. The fourth-order valence-electron chi connectivity index (χ4n) is 6.91. The molecule has 0 aromatic heterocycles. The molecule has 1 atom stereocenters. The summed E-state index contributed by atoms with van der Waals surface area (Å²) in [4.78, 5) is 15.1. The van der Waals surface area contributed by atoms with Gasteiger partial charge in [-0.15, -0.1) is 0 Å². The first-order valence-corrected chi connectivity index (χ1v) is 11.7. The highest BCUT2D eigenvalue weighted by Crippen LogP contribution is 2.59. The third-order valence-electron chi connectivity index (χ3n) is 7.99. The van der Waals surface area contributed by atoms with Crippen LogP contribution in [0.1, 0.15) is 45.4 Å². The van der Waals surface area contributed by atoms with Crippen LogP contribution in [0, 0.1) is 23.2 Å². The number of rotatable bonds is 6. The van der Waals surface area contributed by atoms with E-state index in [0.29, 0.717) is 5.41 Å². The molecule has 4 aliphatic carbocycles. The molecule has 5 aliphatic rings. The molecule has 1 aromatic carbocycles. The smallest absolute Gasteiger partial charge is 0.282 e. The Morgan fingerprint density at radius 2 is 1.69 bits per heavy atom. The predicted molar refractivity (Wildman–Crippen MR) is 115 cm³/mol. The first-order valence-electron chi connectivity index (χ1n) is 11.7. The first kappa shape index (κ1) is 19.4. The molecule has 0 spiro atoms. The van der Waals surface area contributed by atoms with Gasteiger partial charge in [-0.2, -0.15) is 0 Å². The zero-order valence-corrected chi connectivity index (χ0v) is 17.7. The number of anilines is 2. The Labute approximate surface area is 174 Å². The van der Waals surface area contributed by atoms with Crippen LogP contribution in [0.2, 0.25) is 0 Å². The second-order valence-electron chi connectivity index (χ2n) is 10.3. The van der Waals surface area contributed by atoms with Gasteiger partial charge in [-0.1, -0.05) is 0 Å². The summed E-state index contributed by atoms with van der Waals surface area (Å²) in [5, 5.41) is 5.43. The molecule has 1 heterocycles. The highest BCUT2D eigenvalue weighted by molar-refractivity contribution is 5.93. The van der Waals surface area contributed by atoms with E-state index in [-0.39, 0.29) is 11.9 Å². The summed E-state index contributed by atoms with van der Waals surface area (Å²) in [7, 11) is 0. The Morgan fingerprint density at radius 1 is 1.10 bits per heavy atom. The average Bonchev–Trinajstić information content (AvgIpc) is 2.72. The molecule has 1 amide bonds. The molecule has 4 bridgehead atoms. The Kier molecular flexibility index (Phi) is 5.29. The number of hydrogen-bond acceptors (Lipinski definition) is 3. The molecule has 3 N–H and O–H groups in total. The molecule has 1 aliphatic heterocycles. The van der Waals surface area contributed by atoms with Gasteiger partial charge in [0, 0.05) is 29.9 Å². The highest BCUT2D eigenvalue weighted by atomic mass is 16.5. The van der Waals surface area contributed by atoms with Crippen molar-refractivity contribution >= 4 is 17.3 Å². The number of quaternary nitrogens is 1. The minimum atomic E-state index is -0.0399. The molecule has 5 heteroatoms. The van der Waals surface area contributed by atoms with E-state index in [1.165, 1.54) is 44.2 Å². The number of carbonyl (C=O) groups excluding carboxylic acids is 1. The van der Waals surface area contributed by atoms with Crippen LogP contribution in [-0.4, -0.2) is 44.8 Å². The predicted octanol–water partition coefficient (Wildman–Crippen LogP) is 2.63. The van der Waals surface area contributed by atoms with Gasteiger partial charge in [-0.25, -0.2) is 0 Å². The van der Waals surface area contributed by atoms with Gasteiger partial charge in [0.15, 0.2) is 6.04 Å². The summed E-state index contributed by atoms with van der Waals surface area (Å²) in [6.07, 6.45) is 8.67. The molecular formula is C24H36N3O2+. The molecule has 5 fully saturated rings. The van der Waals surface area contributed by atoms with E-state index in [2.05, 4.69) is 34.6 Å². The SMILES string of the molecule is C[C@H]([NH2+]CC12CC3CC(CC(C3)C1)C2)C(=O)Nc1ccc(N2CCOCC2)cc1. The lowest BCUT2D eigenvalue weighted by Crippen LogP contribution is -2.94. The number of ether oxygens (including phenoxy) is 1. The molecule has 0 radical (unpaired) electrons. The van der Waals surface area contributed by atoms with Crippen molar-refractivity contribution in [3.63, 3.8) is 0 Å². The van der Waals surface area contributed by atoms with Crippen LogP contribution in [-0.2, 0) is 9.53 Å². The van der Waals surface area contributed by atoms with Gasteiger partial charge in [0.2, 0.25) is 0 Å². The van der Waals surface area contributed by atoms with Crippen LogP contribution in [0.4, 0.5) is 11.4 Å². The van der Waals surface area contributed by atoms with E-state index in [4.69, 9.17) is 4.74 Å². The van der Waals surface area contributed by atoms with E-state index < -0.39 is 0 Å². The molecule has 0 unspecified atom stereocenters. The van der Waals surface area contributed by atoms with Gasteiger partial charge in [-0.05, 0) is 87.5 Å². The van der Waals surface area contributed by atoms with Crippen molar-refractivity contribution in [2.24, 2.45) is 23.2 Å². The number of nitrogens with zero attached hydrogens (tertiary/aromatic N) is 1. The Hall–Kier alpha value is -1.59. The van der Waals surface area contributed by atoms with Crippen LogP contribution >= 0.6 is 0 Å². The molecular weight excluding hydrogens is 362 g/mol. The minimum Gasteiger partial charge on any atom is -0.378 e. The number of nitrogens with one attached hydrogen (secondary N) is 1. The third-order valence-corrected chi connectivity index (χ3v) is 7.99. The van der Waals surface area contributed by atoms with Crippen molar-refractivity contribution in [3.8, 4) is 0 Å². The van der Waals surface area contributed by atoms with Gasteiger partial charge in [0.05, 0.1) is 19.8 Å². The number of nitrogens with two attached hydrogens (primary N) is 1. The maximum atomic E-state index is 12.7. The molecule has 1 saturated heterocycles. The van der Waals surface area contributed by atoms with Crippen molar-refractivity contribution in [3.05, 3.63) is 24.3 Å². The van der Waals surface area contributed by atoms with Crippen molar-refractivity contribution < 1.29 is 14.8 Å². The molecule has 5 nitrogen and oxygen atoms in total. The van der Waals surface area contributed by atoms with Crippen LogP contribution in [0.5, 0.6) is 0 Å². The van der Waals surface area contributed by atoms with E-state index >= 15 is 0 Å². The number of morpholine rings is 1. The molecule has 1 aromatic rings. The monoisotopic (exact) mass is 398 g/mol. The standard InChI is InChI=1S/C24H35N3O2/c1-17(25-16-24-13-18-10-19(14-24)12-20(11-18)15-24)23(28)26-21-2-4-22(5-3-21)27-6-8-29-9-7-27/h2-5,17-20,25H,6-16H2,1H3,(H,26,28)/p+1/t17-,18?,19?,20?,24?/m0/s1. The topological polar surface area (TPSA) is 58.2 Å². The van der Waals surface area contributed by atoms with Gasteiger partial charge in [0.1, 0.15) is 0 Å². The van der Waals surface area contributed by atoms with E-state index in [0.717, 1.165) is 56.3 Å². The Bertz CT molecular complexity index is 691. The van der Waals surface area contributed by atoms with Crippen molar-refractivity contribution in [2.75, 3.05) is 43.1 Å². The van der Waals surface area contributed by atoms with Gasteiger partial charge in [0.25, 0.3) is 5.91 Å². The average molecular weight is 399 g/mol. The molecule has 158 valence electrons. The van der Waals surface area contributed by atoms with E-state index in [9.17, 15) is 4.79 Å². The second-order valence-corrected chi connectivity index (χ2v) is 10.3. The normalized spacial score (nSPS) is 34.2. The minimum absolute atomic E-state index is 0.0399. The molecule has 6 rings (SSSR count). The lowest BCUT2D eigenvalue weighted by atomic mass is 9.49. The van der Waals surface area contributed by atoms with Crippen LogP contribution in [0.3, 0.4) is 0 Å². The maximum Gasteiger partial charge on any atom is 0.282 e. The summed E-state index contributed by atoms with van der Waals surface area (Å²) >= 11 is 0. The molecule has 29 heavy (non-hydrogen) atoms. The summed E-state index contributed by atoms with van der Waals surface area (Å²) in [6.45, 7) is 6.62. The maximum absolute atomic E-state index is 12.7. The van der Waals surface area contributed by atoms with E-state index in [1.54, 1.807) is 0 Å². The zero-order chi connectivity index (χ0) is 19.8. The Morgan fingerprint density at radius 3 is 2.28 bits per heavy atom. The number of benzene rings is 1. The van der Waals surface area contributed by atoms with E-state index in [1.807, 2.05) is 12.1 Å². The van der Waals surface area contributed by atoms with Crippen LogP contribution in [0.15, 0.2) is 24.3 Å². The number of hydrogen-bond donors (Lipinski definition) is 2. The largest absolute Gasteiger partial charge is 0.378 e. The second kappa shape index (κ2) is 7.92. The lowest BCUT2D eigenvalue weighted by molar-refractivity contribution is -0.686. The van der Waals surface area contributed by atoms with Gasteiger partial charge < -0.3 is 20.3 Å². The highest BCUT2D eigenvalue weighted by Gasteiger charge is 2.51. The van der Waals surface area contributed by atoms with Gasteiger partial charge in [-0.3, -0.25) is 4.79 Å². The van der Waals surface area contributed by atoms with Crippen molar-refractivity contribution in [1.29, 1.82) is 0 Å². The summed E-state index contributed by atoms with van der Waals surface area (Å²) < 4.78 is 5.42. The fraction of sp³-hybridized carbons (Fsp3) is 0.708.